The minimum absolute atomic E-state index is 0.0144. The Morgan fingerprint density at radius 3 is 2.15 bits per heavy atom. The third-order valence-corrected chi connectivity index (χ3v) is 3.00. The summed E-state index contributed by atoms with van der Waals surface area (Å²) in [6.07, 6.45) is 0. The molecule has 0 saturated carbocycles. The van der Waals surface area contributed by atoms with Crippen molar-refractivity contribution < 1.29 is 9.59 Å². The first-order chi connectivity index (χ1) is 9.62. The Labute approximate surface area is 120 Å². The number of hydrogen-bond acceptors (Lipinski definition) is 3. The maximum Gasteiger partial charge on any atom is 0.253 e. The highest BCUT2D eigenvalue weighted by atomic mass is 16.2. The van der Waals surface area contributed by atoms with Gasteiger partial charge < -0.3 is 15.5 Å². The molecular formula is C15H23N3O2. The predicted octanol–water partition coefficient (Wildman–Crippen LogP) is 1.72. The van der Waals surface area contributed by atoms with Crippen molar-refractivity contribution in [2.75, 3.05) is 31.5 Å². The molecule has 110 valence electrons. The van der Waals surface area contributed by atoms with Gasteiger partial charge in [0, 0.05) is 24.3 Å². The van der Waals surface area contributed by atoms with Crippen LogP contribution in [0, 0.1) is 0 Å². The SMILES string of the molecule is CCNCC(=O)Nc1ccc(C(=O)N(CC)CC)cc1. The van der Waals surface area contributed by atoms with Crippen molar-refractivity contribution in [1.82, 2.24) is 10.2 Å². The zero-order chi connectivity index (χ0) is 15.0. The summed E-state index contributed by atoms with van der Waals surface area (Å²) in [4.78, 5) is 25.4. The number of rotatable bonds is 7. The van der Waals surface area contributed by atoms with Crippen molar-refractivity contribution >= 4 is 17.5 Å². The van der Waals surface area contributed by atoms with Crippen molar-refractivity contribution in [3.8, 4) is 0 Å². The van der Waals surface area contributed by atoms with E-state index in [0.717, 1.165) is 6.54 Å². The number of carbonyl (C=O) groups excluding carboxylic acids is 2. The van der Waals surface area contributed by atoms with Crippen molar-refractivity contribution in [3.63, 3.8) is 0 Å². The highest BCUT2D eigenvalue weighted by Gasteiger charge is 2.12. The van der Waals surface area contributed by atoms with Gasteiger partial charge in [0.25, 0.3) is 5.91 Å². The summed E-state index contributed by atoms with van der Waals surface area (Å²) in [7, 11) is 0. The Morgan fingerprint density at radius 2 is 1.65 bits per heavy atom. The molecule has 1 aromatic rings. The molecule has 0 heterocycles. The minimum atomic E-state index is -0.0883. The van der Waals surface area contributed by atoms with Gasteiger partial charge in [-0.25, -0.2) is 0 Å². The highest BCUT2D eigenvalue weighted by Crippen LogP contribution is 2.11. The number of nitrogens with zero attached hydrogens (tertiary/aromatic N) is 1. The average Bonchev–Trinajstić information content (AvgIpc) is 2.47. The number of hydrogen-bond donors (Lipinski definition) is 2. The molecule has 0 atom stereocenters. The molecule has 0 unspecified atom stereocenters. The van der Waals surface area contributed by atoms with E-state index in [0.29, 0.717) is 24.3 Å². The summed E-state index contributed by atoms with van der Waals surface area (Å²) in [6.45, 7) is 8.28. The zero-order valence-electron chi connectivity index (χ0n) is 12.4. The molecule has 5 nitrogen and oxygen atoms in total. The van der Waals surface area contributed by atoms with Crippen LogP contribution in [0.25, 0.3) is 0 Å². The standard InChI is InChI=1S/C15H23N3O2/c1-4-16-11-14(19)17-13-9-7-12(8-10-13)15(20)18(5-2)6-3/h7-10,16H,4-6,11H2,1-3H3,(H,17,19). The van der Waals surface area contributed by atoms with E-state index < -0.39 is 0 Å². The molecule has 0 aliphatic rings. The lowest BCUT2D eigenvalue weighted by Gasteiger charge is -2.18. The van der Waals surface area contributed by atoms with E-state index in [1.807, 2.05) is 20.8 Å². The molecule has 0 radical (unpaired) electrons. The number of anilines is 1. The normalized spacial score (nSPS) is 10.2. The second-order valence-electron chi connectivity index (χ2n) is 4.38. The molecule has 0 aliphatic heterocycles. The van der Waals surface area contributed by atoms with Crippen LogP contribution in [0.3, 0.4) is 0 Å². The third kappa shape index (κ3) is 4.66. The van der Waals surface area contributed by atoms with E-state index >= 15 is 0 Å². The fourth-order valence-corrected chi connectivity index (χ4v) is 1.83. The van der Waals surface area contributed by atoms with Crippen LogP contribution in [0.5, 0.6) is 0 Å². The fraction of sp³-hybridized carbons (Fsp3) is 0.467. The van der Waals surface area contributed by atoms with Gasteiger partial charge in [-0.3, -0.25) is 9.59 Å². The van der Waals surface area contributed by atoms with E-state index in [-0.39, 0.29) is 18.4 Å². The second kappa shape index (κ2) is 8.32. The van der Waals surface area contributed by atoms with Crippen molar-refractivity contribution in [2.45, 2.75) is 20.8 Å². The minimum Gasteiger partial charge on any atom is -0.339 e. The molecule has 0 bridgehead atoms. The zero-order valence-corrected chi connectivity index (χ0v) is 12.4. The van der Waals surface area contributed by atoms with E-state index in [9.17, 15) is 9.59 Å². The Bertz CT molecular complexity index is 439. The summed E-state index contributed by atoms with van der Waals surface area (Å²) in [6, 6.07) is 6.98. The van der Waals surface area contributed by atoms with Gasteiger partial charge in [-0.15, -0.1) is 0 Å². The molecule has 2 amide bonds. The number of carbonyl (C=O) groups is 2. The lowest BCUT2D eigenvalue weighted by molar-refractivity contribution is -0.115. The molecule has 0 saturated heterocycles. The van der Waals surface area contributed by atoms with Crippen LogP contribution in [-0.2, 0) is 4.79 Å². The number of nitrogens with one attached hydrogen (secondary N) is 2. The first-order valence-corrected chi connectivity index (χ1v) is 7.02. The first kappa shape index (κ1) is 16.2. The molecule has 1 aromatic carbocycles. The first-order valence-electron chi connectivity index (χ1n) is 7.02. The van der Waals surface area contributed by atoms with Gasteiger partial charge in [0.2, 0.25) is 5.91 Å². The maximum atomic E-state index is 12.1. The van der Waals surface area contributed by atoms with Crippen LogP contribution in [0.4, 0.5) is 5.69 Å². The largest absolute Gasteiger partial charge is 0.339 e. The van der Waals surface area contributed by atoms with Gasteiger partial charge in [0.1, 0.15) is 0 Å². The van der Waals surface area contributed by atoms with Gasteiger partial charge in [-0.2, -0.15) is 0 Å². The Kier molecular flexibility index (Phi) is 6.73. The molecule has 2 N–H and O–H groups in total. The average molecular weight is 277 g/mol. The molecule has 1 rings (SSSR count). The lowest BCUT2D eigenvalue weighted by atomic mass is 10.1. The Hall–Kier alpha value is -1.88. The van der Waals surface area contributed by atoms with Crippen LogP contribution >= 0.6 is 0 Å². The maximum absolute atomic E-state index is 12.1. The van der Waals surface area contributed by atoms with E-state index in [1.165, 1.54) is 0 Å². The molecule has 0 aliphatic carbocycles. The summed E-state index contributed by atoms with van der Waals surface area (Å²) >= 11 is 0. The topological polar surface area (TPSA) is 61.4 Å². The lowest BCUT2D eigenvalue weighted by Crippen LogP contribution is -2.30. The van der Waals surface area contributed by atoms with Crippen molar-refractivity contribution in [1.29, 1.82) is 0 Å². The quantitative estimate of drug-likeness (QED) is 0.797. The van der Waals surface area contributed by atoms with Crippen molar-refractivity contribution in [2.24, 2.45) is 0 Å². The van der Waals surface area contributed by atoms with Crippen LogP contribution in [0.1, 0.15) is 31.1 Å². The summed E-state index contributed by atoms with van der Waals surface area (Å²) in [5.74, 6) is -0.0739. The summed E-state index contributed by atoms with van der Waals surface area (Å²) in [5, 5.41) is 5.73. The Balaban J connectivity index is 2.64. The monoisotopic (exact) mass is 277 g/mol. The number of amides is 2. The van der Waals surface area contributed by atoms with E-state index in [1.54, 1.807) is 29.2 Å². The van der Waals surface area contributed by atoms with Gasteiger partial charge in [-0.1, -0.05) is 6.92 Å². The number of benzene rings is 1. The smallest absolute Gasteiger partial charge is 0.253 e. The molecule has 0 spiro atoms. The molecule has 0 aromatic heterocycles. The van der Waals surface area contributed by atoms with E-state index in [2.05, 4.69) is 10.6 Å². The Morgan fingerprint density at radius 1 is 1.05 bits per heavy atom. The van der Waals surface area contributed by atoms with Crippen LogP contribution in [0.15, 0.2) is 24.3 Å². The highest BCUT2D eigenvalue weighted by molar-refractivity contribution is 5.96. The van der Waals surface area contributed by atoms with Crippen molar-refractivity contribution in [3.05, 3.63) is 29.8 Å². The summed E-state index contributed by atoms with van der Waals surface area (Å²) < 4.78 is 0. The van der Waals surface area contributed by atoms with Gasteiger partial charge in [0.15, 0.2) is 0 Å². The van der Waals surface area contributed by atoms with Gasteiger partial charge >= 0.3 is 0 Å². The third-order valence-electron chi connectivity index (χ3n) is 3.00. The predicted molar refractivity (Wildman–Crippen MR) is 80.9 cm³/mol. The molecule has 0 fully saturated rings. The van der Waals surface area contributed by atoms with Crippen LogP contribution in [0.2, 0.25) is 0 Å². The fourth-order valence-electron chi connectivity index (χ4n) is 1.83. The molecule has 20 heavy (non-hydrogen) atoms. The second-order valence-corrected chi connectivity index (χ2v) is 4.38. The molecule has 5 heteroatoms. The van der Waals surface area contributed by atoms with Gasteiger partial charge in [-0.05, 0) is 44.7 Å². The van der Waals surface area contributed by atoms with Crippen LogP contribution < -0.4 is 10.6 Å². The van der Waals surface area contributed by atoms with Gasteiger partial charge in [0.05, 0.1) is 6.54 Å². The number of likely N-dealkylation sites (N-methyl/N-ethyl adjacent to an activating group) is 1. The molecular weight excluding hydrogens is 254 g/mol. The van der Waals surface area contributed by atoms with Crippen LogP contribution in [-0.4, -0.2) is 42.9 Å². The van der Waals surface area contributed by atoms with E-state index in [4.69, 9.17) is 0 Å². The summed E-state index contributed by atoms with van der Waals surface area (Å²) in [5.41, 5.74) is 1.34.